The van der Waals surface area contributed by atoms with E-state index in [0.717, 1.165) is 30.2 Å². The Morgan fingerprint density at radius 2 is 2.08 bits per heavy atom. The van der Waals surface area contributed by atoms with Crippen LogP contribution in [0.2, 0.25) is 0 Å². The highest BCUT2D eigenvalue weighted by Crippen LogP contribution is 2.08. The molecule has 0 radical (unpaired) electrons. The first-order valence-electron chi connectivity index (χ1n) is 7.65. The summed E-state index contributed by atoms with van der Waals surface area (Å²) in [6.45, 7) is 6.21. The van der Waals surface area contributed by atoms with Gasteiger partial charge in [0.1, 0.15) is 18.1 Å². The van der Waals surface area contributed by atoms with E-state index in [1.165, 1.54) is 0 Å². The van der Waals surface area contributed by atoms with Gasteiger partial charge in [0.25, 0.3) is 0 Å². The lowest BCUT2D eigenvalue weighted by Crippen LogP contribution is -2.40. The first kappa shape index (κ1) is 20.5. The maximum Gasteiger partial charge on any atom is 0.216 e. The molecule has 0 saturated heterocycles. The summed E-state index contributed by atoms with van der Waals surface area (Å²) in [6, 6.07) is 3.84. The molecule has 24 heavy (non-hydrogen) atoms. The molecule has 2 aromatic rings. The molecule has 2 heterocycles. The minimum atomic E-state index is 0. The molecule has 2 aromatic heterocycles. The summed E-state index contributed by atoms with van der Waals surface area (Å²) in [4.78, 5) is 8.82. The fourth-order valence-electron chi connectivity index (χ4n) is 1.96. The largest absolute Gasteiger partial charge is 0.469 e. The molecule has 0 atom stereocenters. The molecule has 134 valence electrons. The zero-order valence-electron chi connectivity index (χ0n) is 14.3. The van der Waals surface area contributed by atoms with Crippen molar-refractivity contribution < 1.29 is 13.6 Å². The lowest BCUT2D eigenvalue weighted by molar-refractivity contribution is 0.203. The Hall–Kier alpha value is -1.55. The van der Waals surface area contributed by atoms with Crippen molar-refractivity contribution in [2.45, 2.75) is 26.8 Å². The molecule has 0 spiro atoms. The van der Waals surface area contributed by atoms with E-state index in [0.29, 0.717) is 31.5 Å². The Bertz CT molecular complexity index is 591. The van der Waals surface area contributed by atoms with Gasteiger partial charge < -0.3 is 24.2 Å². The number of hydrogen-bond acceptors (Lipinski definition) is 5. The summed E-state index contributed by atoms with van der Waals surface area (Å²) in [5.74, 6) is 3.07. The molecule has 0 fully saturated rings. The molecular formula is C16H25IN4O3. The lowest BCUT2D eigenvalue weighted by atomic mass is 10.3. The van der Waals surface area contributed by atoms with Crippen molar-refractivity contribution in [1.82, 2.24) is 15.6 Å². The number of ether oxygens (including phenoxy) is 1. The van der Waals surface area contributed by atoms with Gasteiger partial charge in [0.15, 0.2) is 5.96 Å². The van der Waals surface area contributed by atoms with E-state index >= 15 is 0 Å². The Morgan fingerprint density at radius 1 is 1.29 bits per heavy atom. The number of hydrogen-bond donors (Lipinski definition) is 2. The van der Waals surface area contributed by atoms with E-state index < -0.39 is 0 Å². The smallest absolute Gasteiger partial charge is 0.216 e. The van der Waals surface area contributed by atoms with Gasteiger partial charge in [-0.2, -0.15) is 0 Å². The molecule has 0 amide bonds. The van der Waals surface area contributed by atoms with Gasteiger partial charge >= 0.3 is 0 Å². The van der Waals surface area contributed by atoms with Crippen LogP contribution >= 0.6 is 24.0 Å². The monoisotopic (exact) mass is 448 g/mol. The number of oxazole rings is 1. The standard InChI is InChI=1S/C16H24N4O3.HI/c1-12-13(2)23-15(20-12)11-19-16(18-8-10-21-3)17-7-6-14-5-4-9-22-14;/h4-5,9H,6-8,10-11H2,1-3H3,(H2,17,18,19);1H. The van der Waals surface area contributed by atoms with E-state index in [-0.39, 0.29) is 24.0 Å². The summed E-state index contributed by atoms with van der Waals surface area (Å²) in [5.41, 5.74) is 0.898. The van der Waals surface area contributed by atoms with Crippen LogP contribution in [-0.4, -0.2) is 37.7 Å². The van der Waals surface area contributed by atoms with Gasteiger partial charge in [-0.15, -0.1) is 24.0 Å². The number of methoxy groups -OCH3 is 1. The van der Waals surface area contributed by atoms with Crippen LogP contribution in [0.1, 0.15) is 23.1 Å². The van der Waals surface area contributed by atoms with Crippen LogP contribution in [0, 0.1) is 13.8 Å². The number of aromatic nitrogens is 1. The maximum atomic E-state index is 5.54. The Kier molecular flexibility index (Phi) is 9.46. The number of rotatable bonds is 8. The Morgan fingerprint density at radius 3 is 2.71 bits per heavy atom. The molecule has 0 bridgehead atoms. The van der Waals surface area contributed by atoms with Gasteiger partial charge in [0.2, 0.25) is 5.89 Å². The third-order valence-corrected chi connectivity index (χ3v) is 3.29. The topological polar surface area (TPSA) is 84.8 Å². The number of guanidine groups is 1. The van der Waals surface area contributed by atoms with Gasteiger partial charge in [0, 0.05) is 26.6 Å². The Labute approximate surface area is 159 Å². The number of nitrogens with one attached hydrogen (secondary N) is 2. The Balaban J connectivity index is 0.00000288. The summed E-state index contributed by atoms with van der Waals surface area (Å²) < 4.78 is 15.9. The lowest BCUT2D eigenvalue weighted by Gasteiger charge is -2.11. The van der Waals surface area contributed by atoms with Crippen molar-refractivity contribution in [3.63, 3.8) is 0 Å². The molecule has 0 aliphatic heterocycles. The second-order valence-electron chi connectivity index (χ2n) is 5.09. The average Bonchev–Trinajstić information content (AvgIpc) is 3.15. The van der Waals surface area contributed by atoms with Crippen LogP contribution in [0.3, 0.4) is 0 Å². The molecule has 2 N–H and O–H groups in total. The van der Waals surface area contributed by atoms with Crippen molar-refractivity contribution in [1.29, 1.82) is 0 Å². The molecule has 7 nitrogen and oxygen atoms in total. The van der Waals surface area contributed by atoms with Crippen LogP contribution in [0.5, 0.6) is 0 Å². The van der Waals surface area contributed by atoms with E-state index in [2.05, 4.69) is 20.6 Å². The van der Waals surface area contributed by atoms with Crippen LogP contribution in [0.15, 0.2) is 32.2 Å². The van der Waals surface area contributed by atoms with E-state index in [1.807, 2.05) is 26.0 Å². The van der Waals surface area contributed by atoms with E-state index in [1.54, 1.807) is 13.4 Å². The van der Waals surface area contributed by atoms with Crippen LogP contribution in [0.25, 0.3) is 0 Å². The van der Waals surface area contributed by atoms with Crippen molar-refractivity contribution >= 4 is 29.9 Å². The van der Waals surface area contributed by atoms with Gasteiger partial charge in [-0.05, 0) is 26.0 Å². The second kappa shape index (κ2) is 11.1. The van der Waals surface area contributed by atoms with Crippen molar-refractivity contribution in [2.75, 3.05) is 26.8 Å². The number of nitrogens with zero attached hydrogens (tertiary/aromatic N) is 2. The zero-order valence-corrected chi connectivity index (χ0v) is 16.6. The van der Waals surface area contributed by atoms with Gasteiger partial charge in [-0.3, -0.25) is 0 Å². The molecule has 2 rings (SSSR count). The SMILES string of the molecule is COCCNC(=NCc1nc(C)c(C)o1)NCCc1ccco1.I. The van der Waals surface area contributed by atoms with Crippen molar-refractivity contribution in [3.8, 4) is 0 Å². The van der Waals surface area contributed by atoms with Crippen LogP contribution in [0.4, 0.5) is 0 Å². The molecule has 8 heteroatoms. The van der Waals surface area contributed by atoms with Crippen LogP contribution in [-0.2, 0) is 17.7 Å². The highest BCUT2D eigenvalue weighted by Gasteiger charge is 2.06. The molecular weight excluding hydrogens is 423 g/mol. The minimum Gasteiger partial charge on any atom is -0.469 e. The van der Waals surface area contributed by atoms with Gasteiger partial charge in [-0.25, -0.2) is 9.98 Å². The van der Waals surface area contributed by atoms with E-state index in [4.69, 9.17) is 13.6 Å². The zero-order chi connectivity index (χ0) is 16.5. The average molecular weight is 448 g/mol. The fourth-order valence-corrected chi connectivity index (χ4v) is 1.96. The third-order valence-electron chi connectivity index (χ3n) is 3.29. The van der Waals surface area contributed by atoms with Gasteiger partial charge in [0.05, 0.1) is 18.6 Å². The maximum absolute atomic E-state index is 5.54. The van der Waals surface area contributed by atoms with Crippen molar-refractivity contribution in [3.05, 3.63) is 41.5 Å². The summed E-state index contributed by atoms with van der Waals surface area (Å²) >= 11 is 0. The molecule has 0 aliphatic rings. The highest BCUT2D eigenvalue weighted by molar-refractivity contribution is 14.0. The fraction of sp³-hybridized carbons (Fsp3) is 0.500. The molecule has 0 unspecified atom stereocenters. The normalized spacial score (nSPS) is 11.2. The van der Waals surface area contributed by atoms with Crippen LogP contribution < -0.4 is 10.6 Å². The number of furan rings is 1. The highest BCUT2D eigenvalue weighted by atomic mass is 127. The predicted molar refractivity (Wildman–Crippen MR) is 103 cm³/mol. The minimum absolute atomic E-state index is 0. The number of aryl methyl sites for hydroxylation is 2. The molecule has 0 saturated carbocycles. The summed E-state index contributed by atoms with van der Waals surface area (Å²) in [7, 11) is 1.67. The number of halogens is 1. The predicted octanol–water partition coefficient (Wildman–Crippen LogP) is 2.43. The van der Waals surface area contributed by atoms with Gasteiger partial charge in [-0.1, -0.05) is 0 Å². The molecule has 0 aliphatic carbocycles. The molecule has 0 aromatic carbocycles. The third kappa shape index (κ3) is 6.91. The van der Waals surface area contributed by atoms with Crippen molar-refractivity contribution in [2.24, 2.45) is 4.99 Å². The first-order chi connectivity index (χ1) is 11.2. The number of aliphatic imine (C=N–C) groups is 1. The summed E-state index contributed by atoms with van der Waals surface area (Å²) in [5, 5.41) is 6.47. The summed E-state index contributed by atoms with van der Waals surface area (Å²) in [6.07, 6.45) is 2.46. The second-order valence-corrected chi connectivity index (χ2v) is 5.09. The quantitative estimate of drug-likeness (QED) is 0.279. The van der Waals surface area contributed by atoms with E-state index in [9.17, 15) is 0 Å². The first-order valence-corrected chi connectivity index (χ1v) is 7.65.